The number of halogens is 4. The maximum atomic E-state index is 11.9. The van der Waals surface area contributed by atoms with Crippen LogP contribution in [-0.4, -0.2) is 12.7 Å². The molecule has 0 saturated carbocycles. The summed E-state index contributed by atoms with van der Waals surface area (Å²) in [5.41, 5.74) is 11.7. The Labute approximate surface area is 92.8 Å². The van der Waals surface area contributed by atoms with E-state index in [1.807, 2.05) is 0 Å². The van der Waals surface area contributed by atoms with Crippen LogP contribution in [0, 0.1) is 0 Å². The Hall–Kier alpha value is -1.11. The molecule has 1 aromatic carbocycles. The molecular formula is C8H9BrF3N3. The van der Waals surface area contributed by atoms with Crippen molar-refractivity contribution in [2.45, 2.75) is 6.18 Å². The standard InChI is InChI=1S/C8H9BrF3N3/c9-5-1-4(13)2-6(14)7(5)15-3-8(10,11)12/h1-2,15H,3,13-14H2. The molecule has 1 aromatic rings. The van der Waals surface area contributed by atoms with Crippen molar-refractivity contribution in [3.8, 4) is 0 Å². The van der Waals surface area contributed by atoms with Gasteiger partial charge in [0.1, 0.15) is 6.54 Å². The minimum Gasteiger partial charge on any atom is -0.399 e. The number of hydrogen-bond acceptors (Lipinski definition) is 3. The maximum Gasteiger partial charge on any atom is 0.405 e. The van der Waals surface area contributed by atoms with Gasteiger partial charge >= 0.3 is 6.18 Å². The lowest BCUT2D eigenvalue weighted by atomic mass is 10.2. The first kappa shape index (κ1) is 12.0. The van der Waals surface area contributed by atoms with E-state index in [9.17, 15) is 13.2 Å². The Balaban J connectivity index is 2.86. The number of benzene rings is 1. The molecule has 0 spiro atoms. The van der Waals surface area contributed by atoms with Crippen LogP contribution in [0.5, 0.6) is 0 Å². The van der Waals surface area contributed by atoms with Gasteiger partial charge < -0.3 is 16.8 Å². The third kappa shape index (κ3) is 3.50. The molecule has 0 aliphatic carbocycles. The van der Waals surface area contributed by atoms with E-state index in [1.165, 1.54) is 12.1 Å². The summed E-state index contributed by atoms with van der Waals surface area (Å²) in [5, 5.41) is 2.20. The van der Waals surface area contributed by atoms with Crippen LogP contribution in [0.1, 0.15) is 0 Å². The Kier molecular flexibility index (Phi) is 3.33. The number of nitrogens with one attached hydrogen (secondary N) is 1. The summed E-state index contributed by atoms with van der Waals surface area (Å²) >= 11 is 3.08. The van der Waals surface area contributed by atoms with Gasteiger partial charge in [0.15, 0.2) is 0 Å². The van der Waals surface area contributed by atoms with Crippen LogP contribution < -0.4 is 16.8 Å². The summed E-state index contributed by atoms with van der Waals surface area (Å²) < 4.78 is 36.2. The Morgan fingerprint density at radius 2 is 1.87 bits per heavy atom. The second kappa shape index (κ2) is 4.18. The molecule has 0 aromatic heterocycles. The lowest BCUT2D eigenvalue weighted by molar-refractivity contribution is -0.115. The molecule has 3 nitrogen and oxygen atoms in total. The van der Waals surface area contributed by atoms with Crippen molar-refractivity contribution >= 4 is 33.0 Å². The Morgan fingerprint density at radius 3 is 2.33 bits per heavy atom. The van der Waals surface area contributed by atoms with Gasteiger partial charge in [-0.2, -0.15) is 13.2 Å². The summed E-state index contributed by atoms with van der Waals surface area (Å²) in [6.45, 7) is -1.14. The average molecular weight is 284 g/mol. The number of hydrogen-bond donors (Lipinski definition) is 3. The molecule has 0 bridgehead atoms. The number of nitrogen functional groups attached to an aromatic ring is 2. The van der Waals surface area contributed by atoms with E-state index in [0.29, 0.717) is 10.2 Å². The molecule has 5 N–H and O–H groups in total. The monoisotopic (exact) mass is 283 g/mol. The summed E-state index contributed by atoms with van der Waals surface area (Å²) in [6, 6.07) is 2.87. The van der Waals surface area contributed by atoms with Gasteiger partial charge in [-0.15, -0.1) is 0 Å². The topological polar surface area (TPSA) is 64.1 Å². The first-order chi connectivity index (χ1) is 6.79. The zero-order chi connectivity index (χ0) is 11.6. The van der Waals surface area contributed by atoms with Crippen LogP contribution >= 0.6 is 15.9 Å². The zero-order valence-electron chi connectivity index (χ0n) is 7.53. The molecule has 0 unspecified atom stereocenters. The molecule has 0 radical (unpaired) electrons. The van der Waals surface area contributed by atoms with E-state index in [4.69, 9.17) is 11.5 Å². The highest BCUT2D eigenvalue weighted by molar-refractivity contribution is 9.10. The number of alkyl halides is 3. The second-order valence-corrected chi connectivity index (χ2v) is 3.79. The molecular weight excluding hydrogens is 275 g/mol. The van der Waals surface area contributed by atoms with Crippen LogP contribution in [0.25, 0.3) is 0 Å². The van der Waals surface area contributed by atoms with Crippen molar-refractivity contribution in [2.24, 2.45) is 0 Å². The highest BCUT2D eigenvalue weighted by Gasteiger charge is 2.27. The van der Waals surface area contributed by atoms with E-state index < -0.39 is 12.7 Å². The zero-order valence-corrected chi connectivity index (χ0v) is 9.11. The van der Waals surface area contributed by atoms with Crippen LogP contribution in [-0.2, 0) is 0 Å². The SMILES string of the molecule is Nc1cc(N)c(NCC(F)(F)F)c(Br)c1. The normalized spacial score (nSPS) is 11.5. The summed E-state index contributed by atoms with van der Waals surface area (Å²) in [6.07, 6.45) is -4.28. The molecule has 0 atom stereocenters. The van der Waals surface area contributed by atoms with Crippen molar-refractivity contribution in [3.05, 3.63) is 16.6 Å². The molecule has 7 heteroatoms. The van der Waals surface area contributed by atoms with Gasteiger partial charge in [-0.3, -0.25) is 0 Å². The molecule has 0 heterocycles. The van der Waals surface area contributed by atoms with E-state index in [-0.39, 0.29) is 11.4 Å². The first-order valence-corrected chi connectivity index (χ1v) is 4.74. The van der Waals surface area contributed by atoms with Crippen molar-refractivity contribution < 1.29 is 13.2 Å². The molecule has 0 aliphatic rings. The van der Waals surface area contributed by atoms with Crippen LogP contribution in [0.15, 0.2) is 16.6 Å². The molecule has 0 fully saturated rings. The molecule has 0 amide bonds. The third-order valence-electron chi connectivity index (χ3n) is 1.61. The van der Waals surface area contributed by atoms with Gasteiger partial charge in [0.2, 0.25) is 0 Å². The fourth-order valence-electron chi connectivity index (χ4n) is 1.02. The van der Waals surface area contributed by atoms with Crippen LogP contribution in [0.2, 0.25) is 0 Å². The van der Waals surface area contributed by atoms with Crippen LogP contribution in [0.4, 0.5) is 30.2 Å². The van der Waals surface area contributed by atoms with Gasteiger partial charge in [-0.1, -0.05) is 0 Å². The van der Waals surface area contributed by atoms with Gasteiger partial charge in [0, 0.05) is 10.2 Å². The molecule has 84 valence electrons. The predicted molar refractivity (Wildman–Crippen MR) is 57.5 cm³/mol. The highest BCUT2D eigenvalue weighted by Crippen LogP contribution is 2.32. The fraction of sp³-hybridized carbons (Fsp3) is 0.250. The number of rotatable bonds is 2. The average Bonchev–Trinajstić information content (AvgIpc) is 1.99. The van der Waals surface area contributed by atoms with Crippen molar-refractivity contribution in [1.82, 2.24) is 0 Å². The molecule has 1 rings (SSSR count). The molecule has 15 heavy (non-hydrogen) atoms. The third-order valence-corrected chi connectivity index (χ3v) is 2.23. The van der Waals surface area contributed by atoms with Crippen molar-refractivity contribution in [3.63, 3.8) is 0 Å². The molecule has 0 saturated heterocycles. The van der Waals surface area contributed by atoms with E-state index in [1.54, 1.807) is 0 Å². The Morgan fingerprint density at radius 1 is 1.27 bits per heavy atom. The van der Waals surface area contributed by atoms with Gasteiger partial charge in [0.25, 0.3) is 0 Å². The van der Waals surface area contributed by atoms with Crippen molar-refractivity contribution in [2.75, 3.05) is 23.3 Å². The number of anilines is 3. The van der Waals surface area contributed by atoms with E-state index in [2.05, 4.69) is 21.2 Å². The fourth-order valence-corrected chi connectivity index (χ4v) is 1.66. The second-order valence-electron chi connectivity index (χ2n) is 2.94. The number of nitrogens with two attached hydrogens (primary N) is 2. The first-order valence-electron chi connectivity index (χ1n) is 3.95. The lowest BCUT2D eigenvalue weighted by Crippen LogP contribution is -2.22. The van der Waals surface area contributed by atoms with E-state index >= 15 is 0 Å². The van der Waals surface area contributed by atoms with Gasteiger partial charge in [-0.25, -0.2) is 0 Å². The molecule has 0 aliphatic heterocycles. The lowest BCUT2D eigenvalue weighted by Gasteiger charge is -2.13. The van der Waals surface area contributed by atoms with E-state index in [0.717, 1.165) is 0 Å². The van der Waals surface area contributed by atoms with Gasteiger partial charge in [0.05, 0.1) is 11.4 Å². The summed E-state index contributed by atoms with van der Waals surface area (Å²) in [5.74, 6) is 0. The minimum atomic E-state index is -4.28. The summed E-state index contributed by atoms with van der Waals surface area (Å²) in [7, 11) is 0. The largest absolute Gasteiger partial charge is 0.405 e. The maximum absolute atomic E-state index is 11.9. The van der Waals surface area contributed by atoms with Crippen LogP contribution in [0.3, 0.4) is 0 Å². The smallest absolute Gasteiger partial charge is 0.399 e. The van der Waals surface area contributed by atoms with Gasteiger partial charge in [-0.05, 0) is 28.1 Å². The summed E-state index contributed by atoms with van der Waals surface area (Å²) in [4.78, 5) is 0. The predicted octanol–water partition coefficient (Wildman–Crippen LogP) is 2.59. The highest BCUT2D eigenvalue weighted by atomic mass is 79.9. The quantitative estimate of drug-likeness (QED) is 0.731. The minimum absolute atomic E-state index is 0.172. The Bertz CT molecular complexity index is 342. The van der Waals surface area contributed by atoms with Crippen molar-refractivity contribution in [1.29, 1.82) is 0 Å².